The number of nitrogens with two attached hydrogens (primary N) is 1. The summed E-state index contributed by atoms with van der Waals surface area (Å²) in [6.07, 6.45) is 0. The van der Waals surface area contributed by atoms with Crippen molar-refractivity contribution < 1.29 is 19.1 Å². The fourth-order valence-corrected chi connectivity index (χ4v) is 1.25. The molecule has 1 aromatic carbocycles. The van der Waals surface area contributed by atoms with Gasteiger partial charge in [-0.05, 0) is 25.1 Å². The van der Waals surface area contributed by atoms with Gasteiger partial charge in [-0.3, -0.25) is 4.79 Å². The highest BCUT2D eigenvalue weighted by molar-refractivity contribution is 5.99. The van der Waals surface area contributed by atoms with Crippen LogP contribution in [0.15, 0.2) is 18.2 Å². The monoisotopic (exact) mass is 223 g/mol. The van der Waals surface area contributed by atoms with Gasteiger partial charge in [0.2, 0.25) is 0 Å². The van der Waals surface area contributed by atoms with Gasteiger partial charge in [-0.15, -0.1) is 0 Å². The van der Waals surface area contributed by atoms with Crippen LogP contribution in [0.5, 0.6) is 5.75 Å². The Bertz CT molecular complexity index is 414. The molecule has 2 N–H and O–H groups in total. The maximum Gasteiger partial charge on any atom is 0.337 e. The summed E-state index contributed by atoms with van der Waals surface area (Å²) >= 11 is 0. The summed E-state index contributed by atoms with van der Waals surface area (Å²) in [5.41, 5.74) is 5.62. The summed E-state index contributed by atoms with van der Waals surface area (Å²) in [6, 6.07) is 4.40. The van der Waals surface area contributed by atoms with Crippen LogP contribution in [0.25, 0.3) is 0 Å². The summed E-state index contributed by atoms with van der Waals surface area (Å²) in [5.74, 6) is -0.803. The van der Waals surface area contributed by atoms with Crippen LogP contribution in [0.3, 0.4) is 0 Å². The molecule has 0 aliphatic rings. The summed E-state index contributed by atoms with van der Waals surface area (Å²) in [6.45, 7) is 2.21. The molecule has 0 bridgehead atoms. The predicted molar refractivity (Wildman–Crippen MR) is 57.5 cm³/mol. The smallest absolute Gasteiger partial charge is 0.337 e. The Hall–Kier alpha value is -2.04. The third-order valence-electron chi connectivity index (χ3n) is 1.97. The minimum atomic E-state index is -0.644. The fourth-order valence-electron chi connectivity index (χ4n) is 1.25. The third-order valence-corrected chi connectivity index (χ3v) is 1.97. The highest BCUT2D eigenvalue weighted by Crippen LogP contribution is 2.20. The van der Waals surface area contributed by atoms with E-state index in [0.29, 0.717) is 12.4 Å². The van der Waals surface area contributed by atoms with Crippen LogP contribution < -0.4 is 10.5 Å². The highest BCUT2D eigenvalue weighted by Gasteiger charge is 2.13. The van der Waals surface area contributed by atoms with E-state index in [1.807, 2.05) is 0 Å². The molecule has 1 amide bonds. The lowest BCUT2D eigenvalue weighted by atomic mass is 10.1. The molecule has 0 fully saturated rings. The van der Waals surface area contributed by atoms with Gasteiger partial charge in [0.25, 0.3) is 5.91 Å². The first kappa shape index (κ1) is 12.0. The summed E-state index contributed by atoms with van der Waals surface area (Å²) in [5, 5.41) is 0. The number of primary amides is 1. The second-order valence-electron chi connectivity index (χ2n) is 3.00. The largest absolute Gasteiger partial charge is 0.493 e. The Morgan fingerprint density at radius 1 is 1.38 bits per heavy atom. The predicted octanol–water partition coefficient (Wildman–Crippen LogP) is 0.971. The van der Waals surface area contributed by atoms with Crippen LogP contribution >= 0.6 is 0 Å². The molecule has 0 atom stereocenters. The van der Waals surface area contributed by atoms with Crippen molar-refractivity contribution in [1.29, 1.82) is 0 Å². The van der Waals surface area contributed by atoms with Gasteiger partial charge in [0, 0.05) is 0 Å². The Morgan fingerprint density at radius 3 is 2.56 bits per heavy atom. The number of ether oxygens (including phenoxy) is 2. The number of hydrogen-bond donors (Lipinski definition) is 1. The van der Waals surface area contributed by atoms with Crippen LogP contribution in [-0.4, -0.2) is 25.6 Å². The van der Waals surface area contributed by atoms with Crippen molar-refractivity contribution in [2.24, 2.45) is 5.73 Å². The lowest BCUT2D eigenvalue weighted by molar-refractivity contribution is 0.0600. The number of esters is 1. The maximum atomic E-state index is 11.2. The van der Waals surface area contributed by atoms with Gasteiger partial charge in [-0.1, -0.05) is 0 Å². The van der Waals surface area contributed by atoms with E-state index in [1.54, 1.807) is 6.92 Å². The minimum absolute atomic E-state index is 0.171. The molecule has 5 heteroatoms. The summed E-state index contributed by atoms with van der Waals surface area (Å²) < 4.78 is 9.75. The number of amides is 1. The van der Waals surface area contributed by atoms with E-state index in [0.717, 1.165) is 0 Å². The molecule has 0 spiro atoms. The van der Waals surface area contributed by atoms with E-state index in [-0.39, 0.29) is 11.1 Å². The Morgan fingerprint density at radius 2 is 2.06 bits per heavy atom. The van der Waals surface area contributed by atoms with Crippen LogP contribution in [0.4, 0.5) is 0 Å². The van der Waals surface area contributed by atoms with Crippen LogP contribution in [0.1, 0.15) is 27.6 Å². The highest BCUT2D eigenvalue weighted by atomic mass is 16.5. The van der Waals surface area contributed by atoms with Crippen LogP contribution in [0, 0.1) is 0 Å². The number of rotatable bonds is 4. The summed E-state index contributed by atoms with van der Waals surface area (Å²) in [4.78, 5) is 22.4. The number of benzene rings is 1. The Kier molecular flexibility index (Phi) is 3.88. The molecule has 86 valence electrons. The molecule has 0 radical (unpaired) electrons. The maximum absolute atomic E-state index is 11.2. The average molecular weight is 223 g/mol. The van der Waals surface area contributed by atoms with Crippen molar-refractivity contribution in [2.75, 3.05) is 13.7 Å². The first-order valence-electron chi connectivity index (χ1n) is 4.75. The van der Waals surface area contributed by atoms with E-state index in [2.05, 4.69) is 4.74 Å². The molecule has 0 saturated heterocycles. The number of carbonyl (C=O) groups excluding carboxylic acids is 2. The third kappa shape index (κ3) is 2.50. The minimum Gasteiger partial charge on any atom is -0.493 e. The zero-order valence-corrected chi connectivity index (χ0v) is 9.15. The van der Waals surface area contributed by atoms with E-state index in [4.69, 9.17) is 10.5 Å². The van der Waals surface area contributed by atoms with E-state index < -0.39 is 11.9 Å². The van der Waals surface area contributed by atoms with Crippen molar-refractivity contribution in [1.82, 2.24) is 0 Å². The first-order chi connectivity index (χ1) is 7.60. The zero-order valence-electron chi connectivity index (χ0n) is 9.15. The lowest BCUT2D eigenvalue weighted by Crippen LogP contribution is -2.14. The van der Waals surface area contributed by atoms with Crippen molar-refractivity contribution in [3.63, 3.8) is 0 Å². The molecule has 0 heterocycles. The zero-order chi connectivity index (χ0) is 12.1. The molecule has 0 aliphatic heterocycles. The number of carbonyl (C=O) groups is 2. The molecule has 0 aromatic heterocycles. The van der Waals surface area contributed by atoms with E-state index in [1.165, 1.54) is 25.3 Å². The Labute approximate surface area is 93.1 Å². The topological polar surface area (TPSA) is 78.6 Å². The van der Waals surface area contributed by atoms with Gasteiger partial charge in [0.05, 0.1) is 24.8 Å². The van der Waals surface area contributed by atoms with Crippen LogP contribution in [0.2, 0.25) is 0 Å². The molecule has 1 aromatic rings. The molecule has 0 unspecified atom stereocenters. The van der Waals surface area contributed by atoms with Crippen molar-refractivity contribution in [3.8, 4) is 5.75 Å². The number of methoxy groups -OCH3 is 1. The van der Waals surface area contributed by atoms with Gasteiger partial charge >= 0.3 is 5.97 Å². The summed E-state index contributed by atoms with van der Waals surface area (Å²) in [7, 11) is 1.27. The van der Waals surface area contributed by atoms with E-state index >= 15 is 0 Å². The second kappa shape index (κ2) is 5.16. The second-order valence-corrected chi connectivity index (χ2v) is 3.00. The average Bonchev–Trinajstić information content (AvgIpc) is 2.28. The van der Waals surface area contributed by atoms with Gasteiger partial charge in [-0.2, -0.15) is 0 Å². The van der Waals surface area contributed by atoms with Crippen molar-refractivity contribution in [3.05, 3.63) is 29.3 Å². The van der Waals surface area contributed by atoms with Gasteiger partial charge in [0.1, 0.15) is 5.75 Å². The van der Waals surface area contributed by atoms with Crippen molar-refractivity contribution in [2.45, 2.75) is 6.92 Å². The molecule has 5 nitrogen and oxygen atoms in total. The fraction of sp³-hybridized carbons (Fsp3) is 0.273. The van der Waals surface area contributed by atoms with Gasteiger partial charge in [0.15, 0.2) is 0 Å². The molecule has 16 heavy (non-hydrogen) atoms. The van der Waals surface area contributed by atoms with Crippen LogP contribution in [-0.2, 0) is 4.74 Å². The lowest BCUT2D eigenvalue weighted by Gasteiger charge is -2.08. The SMILES string of the molecule is CCOc1ccc(C(=O)OC)cc1C(N)=O. The molecule has 1 rings (SSSR count). The molecular formula is C11H13NO4. The standard InChI is InChI=1S/C11H13NO4/c1-3-16-9-5-4-7(11(14)15-2)6-8(9)10(12)13/h4-6H,3H2,1-2H3,(H2,12,13). The van der Waals surface area contributed by atoms with Crippen molar-refractivity contribution >= 4 is 11.9 Å². The molecular weight excluding hydrogens is 210 g/mol. The molecule has 0 aliphatic carbocycles. The first-order valence-corrected chi connectivity index (χ1v) is 4.75. The van der Waals surface area contributed by atoms with Gasteiger partial charge < -0.3 is 15.2 Å². The molecule has 0 saturated carbocycles. The quantitative estimate of drug-likeness (QED) is 0.771. The Balaban J connectivity index is 3.17. The van der Waals surface area contributed by atoms with E-state index in [9.17, 15) is 9.59 Å². The van der Waals surface area contributed by atoms with Gasteiger partial charge in [-0.25, -0.2) is 4.79 Å². The number of hydrogen-bond acceptors (Lipinski definition) is 4. The normalized spacial score (nSPS) is 9.62.